The smallest absolute Gasteiger partial charge is 0.0810 e. The Hall–Kier alpha value is -0.840. The normalized spacial score (nSPS) is 10.4. The van der Waals surface area contributed by atoms with Crippen LogP contribution in [0.4, 0.5) is 5.69 Å². The second kappa shape index (κ2) is 6.79. The lowest BCUT2D eigenvalue weighted by Gasteiger charge is -2.07. The molecule has 90 valence electrons. The monoisotopic (exact) mass is 311 g/mol. The number of nitrogens with one attached hydrogen (secondary N) is 1. The van der Waals surface area contributed by atoms with E-state index in [-0.39, 0.29) is 0 Å². The Labute approximate surface area is 114 Å². The molecule has 0 aliphatic rings. The first kappa shape index (κ1) is 12.6. The van der Waals surface area contributed by atoms with E-state index in [2.05, 4.69) is 38.8 Å². The molecule has 1 aromatic carbocycles. The van der Waals surface area contributed by atoms with Gasteiger partial charge in [0, 0.05) is 21.6 Å². The highest BCUT2D eigenvalue weighted by Crippen LogP contribution is 2.15. The van der Waals surface area contributed by atoms with Crippen molar-refractivity contribution in [2.24, 2.45) is 0 Å². The van der Waals surface area contributed by atoms with E-state index >= 15 is 0 Å². The number of thiophene rings is 1. The van der Waals surface area contributed by atoms with Crippen molar-refractivity contribution < 1.29 is 4.74 Å². The molecule has 0 atom stereocenters. The van der Waals surface area contributed by atoms with Crippen molar-refractivity contribution in [2.75, 3.05) is 18.5 Å². The molecule has 1 aromatic heterocycles. The number of hydrogen-bond donors (Lipinski definition) is 1. The van der Waals surface area contributed by atoms with Crippen LogP contribution in [0.3, 0.4) is 0 Å². The van der Waals surface area contributed by atoms with Gasteiger partial charge in [-0.25, -0.2) is 0 Å². The van der Waals surface area contributed by atoms with Gasteiger partial charge in [0.25, 0.3) is 0 Å². The van der Waals surface area contributed by atoms with Crippen molar-refractivity contribution in [3.05, 3.63) is 51.1 Å². The standard InChI is InChI=1S/C13H14BrNOS/c14-11-3-1-4-12(9-11)15-6-7-16-10-13-5-2-8-17-13/h1-5,8-9,15H,6-7,10H2. The molecule has 0 saturated carbocycles. The summed E-state index contributed by atoms with van der Waals surface area (Å²) in [6.45, 7) is 2.24. The Morgan fingerprint density at radius 3 is 2.94 bits per heavy atom. The molecule has 0 fully saturated rings. The van der Waals surface area contributed by atoms with Crippen LogP contribution < -0.4 is 5.32 Å². The van der Waals surface area contributed by atoms with E-state index < -0.39 is 0 Å². The van der Waals surface area contributed by atoms with E-state index in [1.807, 2.05) is 24.3 Å². The van der Waals surface area contributed by atoms with Gasteiger partial charge in [-0.05, 0) is 29.6 Å². The van der Waals surface area contributed by atoms with Crippen LogP contribution in [0.15, 0.2) is 46.3 Å². The molecule has 4 heteroatoms. The zero-order valence-corrected chi connectivity index (χ0v) is 11.8. The summed E-state index contributed by atoms with van der Waals surface area (Å²) >= 11 is 5.17. The molecule has 0 bridgehead atoms. The lowest BCUT2D eigenvalue weighted by molar-refractivity contribution is 0.132. The van der Waals surface area contributed by atoms with Gasteiger partial charge in [0.05, 0.1) is 13.2 Å². The summed E-state index contributed by atoms with van der Waals surface area (Å²) in [5, 5.41) is 5.38. The van der Waals surface area contributed by atoms with E-state index in [1.54, 1.807) is 11.3 Å². The highest BCUT2D eigenvalue weighted by Gasteiger charge is 1.95. The van der Waals surface area contributed by atoms with Crippen LogP contribution in [0.25, 0.3) is 0 Å². The third-order valence-electron chi connectivity index (χ3n) is 2.22. The summed E-state index contributed by atoms with van der Waals surface area (Å²) in [5.41, 5.74) is 1.11. The first-order valence-corrected chi connectivity index (χ1v) is 7.11. The second-order valence-electron chi connectivity index (χ2n) is 3.57. The number of ether oxygens (including phenoxy) is 1. The summed E-state index contributed by atoms with van der Waals surface area (Å²) in [5.74, 6) is 0. The van der Waals surface area contributed by atoms with E-state index in [0.717, 1.165) is 16.7 Å². The van der Waals surface area contributed by atoms with Crippen molar-refractivity contribution in [3.8, 4) is 0 Å². The van der Waals surface area contributed by atoms with Crippen LogP contribution in [0, 0.1) is 0 Å². The molecule has 0 saturated heterocycles. The molecule has 2 rings (SSSR count). The number of halogens is 1. The third kappa shape index (κ3) is 4.50. The largest absolute Gasteiger partial charge is 0.383 e. The Balaban J connectivity index is 1.63. The number of rotatable bonds is 6. The Kier molecular flexibility index (Phi) is 5.04. The summed E-state index contributed by atoms with van der Waals surface area (Å²) in [7, 11) is 0. The molecule has 0 amide bonds. The summed E-state index contributed by atoms with van der Waals surface area (Å²) in [6.07, 6.45) is 0. The molecule has 17 heavy (non-hydrogen) atoms. The molecule has 0 aliphatic carbocycles. The van der Waals surface area contributed by atoms with Crippen molar-refractivity contribution in [1.82, 2.24) is 0 Å². The molecular weight excluding hydrogens is 298 g/mol. The van der Waals surface area contributed by atoms with Gasteiger partial charge in [-0.2, -0.15) is 0 Å². The SMILES string of the molecule is Brc1cccc(NCCOCc2cccs2)c1. The summed E-state index contributed by atoms with van der Waals surface area (Å²) in [4.78, 5) is 1.27. The highest BCUT2D eigenvalue weighted by atomic mass is 79.9. The number of benzene rings is 1. The summed E-state index contributed by atoms with van der Waals surface area (Å²) < 4.78 is 6.65. The molecular formula is C13H14BrNOS. The first-order chi connectivity index (χ1) is 8.34. The Bertz CT molecular complexity index is 444. The van der Waals surface area contributed by atoms with Gasteiger partial charge >= 0.3 is 0 Å². The van der Waals surface area contributed by atoms with Crippen LogP contribution in [0.5, 0.6) is 0 Å². The molecule has 1 N–H and O–H groups in total. The molecule has 0 aliphatic heterocycles. The molecule has 0 spiro atoms. The first-order valence-electron chi connectivity index (χ1n) is 5.44. The van der Waals surface area contributed by atoms with E-state index in [0.29, 0.717) is 13.2 Å². The maximum absolute atomic E-state index is 5.57. The van der Waals surface area contributed by atoms with E-state index in [9.17, 15) is 0 Å². The molecule has 2 nitrogen and oxygen atoms in total. The minimum absolute atomic E-state index is 0.706. The lowest BCUT2D eigenvalue weighted by atomic mass is 10.3. The molecule has 2 aromatic rings. The fourth-order valence-corrected chi connectivity index (χ4v) is 2.47. The van der Waals surface area contributed by atoms with Gasteiger partial charge in [-0.15, -0.1) is 11.3 Å². The van der Waals surface area contributed by atoms with Crippen molar-refractivity contribution >= 4 is 33.0 Å². The van der Waals surface area contributed by atoms with Crippen LogP contribution in [0.2, 0.25) is 0 Å². The van der Waals surface area contributed by atoms with Crippen molar-refractivity contribution in [1.29, 1.82) is 0 Å². The third-order valence-corrected chi connectivity index (χ3v) is 3.57. The van der Waals surface area contributed by atoms with Crippen LogP contribution >= 0.6 is 27.3 Å². The van der Waals surface area contributed by atoms with Gasteiger partial charge < -0.3 is 10.1 Å². The predicted octanol–water partition coefficient (Wildman–Crippen LogP) is 4.14. The average molecular weight is 312 g/mol. The van der Waals surface area contributed by atoms with Gasteiger partial charge in [-0.3, -0.25) is 0 Å². The maximum Gasteiger partial charge on any atom is 0.0810 e. The quantitative estimate of drug-likeness (QED) is 0.810. The minimum atomic E-state index is 0.706. The Morgan fingerprint density at radius 1 is 1.24 bits per heavy atom. The van der Waals surface area contributed by atoms with Crippen molar-refractivity contribution in [2.45, 2.75) is 6.61 Å². The lowest BCUT2D eigenvalue weighted by Crippen LogP contribution is -2.08. The Morgan fingerprint density at radius 2 is 2.18 bits per heavy atom. The van der Waals surface area contributed by atoms with Gasteiger partial charge in [0.1, 0.15) is 0 Å². The van der Waals surface area contributed by atoms with Gasteiger partial charge in [-0.1, -0.05) is 28.1 Å². The molecule has 0 radical (unpaired) electrons. The van der Waals surface area contributed by atoms with Gasteiger partial charge in [0.15, 0.2) is 0 Å². The van der Waals surface area contributed by atoms with Crippen molar-refractivity contribution in [3.63, 3.8) is 0 Å². The average Bonchev–Trinajstić information content (AvgIpc) is 2.82. The number of anilines is 1. The fourth-order valence-electron chi connectivity index (χ4n) is 1.43. The zero-order valence-electron chi connectivity index (χ0n) is 9.36. The van der Waals surface area contributed by atoms with Crippen LogP contribution in [-0.2, 0) is 11.3 Å². The minimum Gasteiger partial charge on any atom is -0.383 e. The zero-order chi connectivity index (χ0) is 11.9. The molecule has 1 heterocycles. The number of hydrogen-bond acceptors (Lipinski definition) is 3. The topological polar surface area (TPSA) is 21.3 Å². The van der Waals surface area contributed by atoms with E-state index in [1.165, 1.54) is 4.88 Å². The fraction of sp³-hybridized carbons (Fsp3) is 0.231. The second-order valence-corrected chi connectivity index (χ2v) is 5.52. The highest BCUT2D eigenvalue weighted by molar-refractivity contribution is 9.10. The van der Waals surface area contributed by atoms with E-state index in [4.69, 9.17) is 4.74 Å². The molecule has 0 unspecified atom stereocenters. The predicted molar refractivity (Wildman–Crippen MR) is 76.6 cm³/mol. The maximum atomic E-state index is 5.57. The van der Waals surface area contributed by atoms with Gasteiger partial charge in [0.2, 0.25) is 0 Å². The van der Waals surface area contributed by atoms with Crippen LogP contribution in [-0.4, -0.2) is 13.2 Å². The summed E-state index contributed by atoms with van der Waals surface area (Å²) in [6, 6.07) is 12.3. The van der Waals surface area contributed by atoms with Crippen LogP contribution in [0.1, 0.15) is 4.88 Å².